The zero-order valence-corrected chi connectivity index (χ0v) is 18.3. The van der Waals surface area contributed by atoms with Gasteiger partial charge in [-0.15, -0.1) is 10.2 Å². The van der Waals surface area contributed by atoms with Crippen molar-refractivity contribution in [2.45, 2.75) is 0 Å². The quantitative estimate of drug-likeness (QED) is 0.165. The molecule has 4 aromatic rings. The summed E-state index contributed by atoms with van der Waals surface area (Å²) < 4.78 is 1.19. The van der Waals surface area contributed by atoms with Gasteiger partial charge in [0, 0.05) is 0 Å². The van der Waals surface area contributed by atoms with Crippen LogP contribution >= 0.6 is 0 Å². The first-order valence-electron chi connectivity index (χ1n) is 8.71. The Balaban J connectivity index is 0.000000381. The fourth-order valence-corrected chi connectivity index (χ4v) is 2.29. The van der Waals surface area contributed by atoms with Crippen molar-refractivity contribution in [3.8, 4) is 11.9 Å². The number of nitrogens with zero attached hydrogens (tertiary/aromatic N) is 14. The predicted molar refractivity (Wildman–Crippen MR) is 114 cm³/mol. The lowest BCUT2D eigenvalue weighted by molar-refractivity contribution is -0.424. The van der Waals surface area contributed by atoms with E-state index in [2.05, 4.69) is 30.4 Å². The van der Waals surface area contributed by atoms with E-state index >= 15 is 0 Å². The predicted octanol–water partition coefficient (Wildman–Crippen LogP) is -2.22. The van der Waals surface area contributed by atoms with Gasteiger partial charge in [-0.1, -0.05) is 19.6 Å². The van der Waals surface area contributed by atoms with Crippen LogP contribution in [0.15, 0.2) is 12.4 Å². The maximum Gasteiger partial charge on any atom is 0.468 e. The molecule has 6 N–H and O–H groups in total. The van der Waals surface area contributed by atoms with Gasteiger partial charge >= 0.3 is 46.8 Å². The molecule has 0 bridgehead atoms. The van der Waals surface area contributed by atoms with Crippen LogP contribution in [0.25, 0.3) is 11.9 Å². The lowest BCUT2D eigenvalue weighted by atomic mass is 10.5. The van der Waals surface area contributed by atoms with Gasteiger partial charge in [-0.2, -0.15) is 0 Å². The monoisotopic (exact) mass is 576 g/mol. The first kappa shape index (κ1) is 31.1. The number of H-pyrrole nitrogens is 2. The third kappa shape index (κ3) is 6.22. The normalized spacial score (nSPS) is 9.80. The van der Waals surface area contributed by atoms with Crippen LogP contribution in [0.1, 0.15) is 0 Å². The number of rotatable bonds is 8. The van der Waals surface area contributed by atoms with Crippen molar-refractivity contribution in [2.75, 3.05) is 0 Å². The van der Waals surface area contributed by atoms with E-state index in [0.717, 1.165) is 0 Å². The molecular weight excluding hydrogens is 568 g/mol. The van der Waals surface area contributed by atoms with E-state index in [-0.39, 0.29) is 11.0 Å². The number of hydrogen-bond donors (Lipinski definition) is 2. The molecule has 40 heavy (non-hydrogen) atoms. The highest BCUT2D eigenvalue weighted by atomic mass is 16.7. The zero-order chi connectivity index (χ0) is 28.3. The first-order valence-corrected chi connectivity index (χ1v) is 8.71. The highest BCUT2D eigenvalue weighted by molar-refractivity contribution is 5.46. The molecule has 0 aliphatic rings. The van der Waals surface area contributed by atoms with Gasteiger partial charge in [0.15, 0.2) is 0 Å². The molecule has 30 heteroatoms. The van der Waals surface area contributed by atoms with E-state index in [0.29, 0.717) is 21.8 Å². The molecule has 4 heterocycles. The molecule has 30 nitrogen and oxygen atoms in total. The molecule has 4 rings (SSSR count). The third-order valence-corrected chi connectivity index (χ3v) is 3.77. The number of nitro groups is 6. The second kappa shape index (κ2) is 11.8. The van der Waals surface area contributed by atoms with E-state index in [9.17, 15) is 60.7 Å². The fourth-order valence-electron chi connectivity index (χ4n) is 2.29. The molecule has 0 aromatic carbocycles. The van der Waals surface area contributed by atoms with Gasteiger partial charge in [-0.25, -0.2) is 0 Å². The maximum atomic E-state index is 10.6. The van der Waals surface area contributed by atoms with Gasteiger partial charge in [0.25, 0.3) is 0 Å². The van der Waals surface area contributed by atoms with Crippen molar-refractivity contribution in [1.29, 1.82) is 0 Å². The van der Waals surface area contributed by atoms with E-state index in [4.69, 9.17) is 0 Å². The largest absolute Gasteiger partial charge is 0.468 e. The van der Waals surface area contributed by atoms with E-state index < -0.39 is 76.3 Å². The van der Waals surface area contributed by atoms with E-state index in [1.54, 1.807) is 0 Å². The van der Waals surface area contributed by atoms with Crippen LogP contribution in [-0.4, -0.2) is 90.4 Å². The Hall–Kier alpha value is -6.98. The Labute approximate surface area is 211 Å². The number of aromatic nitrogens is 10. The molecule has 0 fully saturated rings. The number of nitrogens with one attached hydrogen (secondary N) is 2. The summed E-state index contributed by atoms with van der Waals surface area (Å²) in [6.07, 6.45) is 1.37. The Kier molecular flexibility index (Phi) is 9.19. The molecule has 0 spiro atoms. The summed E-state index contributed by atoms with van der Waals surface area (Å²) >= 11 is 0. The molecule has 212 valence electrons. The van der Waals surface area contributed by atoms with Gasteiger partial charge < -0.3 is 51.4 Å². The fraction of sp³-hybridized carbons (Fsp3) is 0. The minimum Gasteiger partial charge on any atom is -0.412 e. The zero-order valence-electron chi connectivity index (χ0n) is 18.3. The van der Waals surface area contributed by atoms with Gasteiger partial charge in [0.1, 0.15) is 12.4 Å². The Morgan fingerprint density at radius 3 is 1.07 bits per heavy atom. The molecule has 0 atom stereocenters. The summed E-state index contributed by atoms with van der Waals surface area (Å²) in [7, 11) is 0. The Morgan fingerprint density at radius 2 is 0.875 bits per heavy atom. The summed E-state index contributed by atoms with van der Waals surface area (Å²) in [4.78, 5) is 63.7. The number of hydrogen-bond acceptors (Lipinski definition) is 18. The van der Waals surface area contributed by atoms with Gasteiger partial charge in [-0.3, -0.25) is 20.2 Å². The summed E-state index contributed by atoms with van der Waals surface area (Å²) in [6, 6.07) is 0. The van der Waals surface area contributed by atoms with Crippen molar-refractivity contribution < 1.29 is 40.5 Å². The molecule has 4 aromatic heterocycles. The second-order valence-corrected chi connectivity index (χ2v) is 6.03. The van der Waals surface area contributed by atoms with Gasteiger partial charge in [-0.05, 0) is 29.7 Å². The minimum absolute atomic E-state index is 0. The molecule has 0 radical (unpaired) electrons. The Bertz CT molecular complexity index is 1430. The van der Waals surface area contributed by atoms with Crippen LogP contribution in [0.2, 0.25) is 0 Å². The molecule has 0 aliphatic heterocycles. The van der Waals surface area contributed by atoms with Crippen LogP contribution in [0.4, 0.5) is 34.9 Å². The van der Waals surface area contributed by atoms with Crippen molar-refractivity contribution in [2.24, 2.45) is 0 Å². The summed E-state index contributed by atoms with van der Waals surface area (Å²) in [6.45, 7) is 0. The third-order valence-electron chi connectivity index (χ3n) is 3.77. The first-order chi connectivity index (χ1) is 17.8. The van der Waals surface area contributed by atoms with Crippen molar-refractivity contribution in [3.05, 3.63) is 73.1 Å². The smallest absolute Gasteiger partial charge is 0.412 e. The SMILES string of the molecule is O.O.O=[N+]([O-])c1nc(-n2cc([N+](=O)[O-])c([N+](=O)[O-])n2)n[nH]1.O=[N+]([O-])c1nc(-n2cc([N+](=O)[O-])c([N+](=O)[O-])n2)n[nH]1. The molecule has 0 saturated carbocycles. The molecule has 0 saturated heterocycles. The van der Waals surface area contributed by atoms with E-state index in [1.165, 1.54) is 0 Å². The van der Waals surface area contributed by atoms with Crippen LogP contribution in [-0.2, 0) is 0 Å². The van der Waals surface area contributed by atoms with Crippen molar-refractivity contribution in [3.63, 3.8) is 0 Å². The summed E-state index contributed by atoms with van der Waals surface area (Å²) in [5, 5.41) is 80.1. The summed E-state index contributed by atoms with van der Waals surface area (Å²) in [5.41, 5.74) is -1.75. The van der Waals surface area contributed by atoms with Gasteiger partial charge in [0.05, 0.1) is 20.0 Å². The average molecular weight is 576 g/mol. The standard InChI is InChI=1S/2C5H2N8O6.2H2O/c2*14-11(15)2-1-10(9-3(2)12(16)17)4-6-5(8-7-4)13(18)19;;/h2*1H,(H,6,7,8);2*1H2. The average Bonchev–Trinajstić information content (AvgIpc) is 3.63. The van der Waals surface area contributed by atoms with Gasteiger partial charge in [0.2, 0.25) is 0 Å². The van der Waals surface area contributed by atoms with Crippen molar-refractivity contribution in [1.82, 2.24) is 49.9 Å². The Morgan fingerprint density at radius 1 is 0.550 bits per heavy atom. The second-order valence-electron chi connectivity index (χ2n) is 6.03. The lowest BCUT2D eigenvalue weighted by Crippen LogP contribution is -1.99. The topological polar surface area (TPSA) is 441 Å². The molecular formula is C10H8N16O14. The van der Waals surface area contributed by atoms with Crippen LogP contribution in [0, 0.1) is 60.7 Å². The molecule has 0 aliphatic carbocycles. The number of aromatic amines is 2. The van der Waals surface area contributed by atoms with Crippen LogP contribution in [0.5, 0.6) is 0 Å². The summed E-state index contributed by atoms with van der Waals surface area (Å²) in [5.74, 6) is -4.34. The highest BCUT2D eigenvalue weighted by Crippen LogP contribution is 2.26. The van der Waals surface area contributed by atoms with Crippen LogP contribution < -0.4 is 0 Å². The van der Waals surface area contributed by atoms with Crippen LogP contribution in [0.3, 0.4) is 0 Å². The maximum absolute atomic E-state index is 10.6. The van der Waals surface area contributed by atoms with E-state index in [1.807, 2.05) is 10.2 Å². The molecule has 0 amide bonds. The molecule has 0 unspecified atom stereocenters. The lowest BCUT2D eigenvalue weighted by Gasteiger charge is -1.85. The van der Waals surface area contributed by atoms with Crippen molar-refractivity contribution >= 4 is 34.9 Å². The highest BCUT2D eigenvalue weighted by Gasteiger charge is 2.35. The minimum atomic E-state index is -1.06.